The van der Waals surface area contributed by atoms with Crippen molar-refractivity contribution in [3.05, 3.63) is 48.0 Å². The number of halogens is 1. The van der Waals surface area contributed by atoms with Crippen LogP contribution in [0.3, 0.4) is 0 Å². The van der Waals surface area contributed by atoms with E-state index in [-0.39, 0.29) is 5.28 Å². The van der Waals surface area contributed by atoms with Gasteiger partial charge in [-0.05, 0) is 35.3 Å². The molecule has 0 atom stereocenters. The van der Waals surface area contributed by atoms with Gasteiger partial charge in [-0.15, -0.1) is 0 Å². The second-order valence-corrected chi connectivity index (χ2v) is 4.47. The van der Waals surface area contributed by atoms with Crippen LogP contribution < -0.4 is 0 Å². The molecule has 0 saturated carbocycles. The van der Waals surface area contributed by atoms with Crippen molar-refractivity contribution in [2.75, 3.05) is 0 Å². The van der Waals surface area contributed by atoms with Crippen molar-refractivity contribution >= 4 is 23.1 Å². The highest BCUT2D eigenvalue weighted by Crippen LogP contribution is 2.23. The van der Waals surface area contributed by atoms with Gasteiger partial charge in [0.15, 0.2) is 0 Å². The summed E-state index contributed by atoms with van der Waals surface area (Å²) in [6.45, 7) is 0. The molecule has 0 N–H and O–H groups in total. The van der Waals surface area contributed by atoms with Gasteiger partial charge >= 0.3 is 0 Å². The smallest absolute Gasteiger partial charge is 0.234 e. The number of hydrogen-bond donors (Lipinski definition) is 0. The number of benzene rings is 1. The normalized spacial score (nSPS) is 10.6. The van der Waals surface area contributed by atoms with Crippen molar-refractivity contribution in [2.45, 2.75) is 0 Å². The zero-order valence-electron chi connectivity index (χ0n) is 8.62. The predicted molar refractivity (Wildman–Crippen MR) is 67.5 cm³/mol. The minimum Gasteiger partial charge on any atom is -0.240 e. The molecule has 0 radical (unpaired) electrons. The molecule has 4 nitrogen and oxygen atoms in total. The summed E-state index contributed by atoms with van der Waals surface area (Å²) in [7, 11) is 0. The molecule has 2 aromatic heterocycles. The molecule has 0 bridgehead atoms. The third-order valence-electron chi connectivity index (χ3n) is 2.25. The molecule has 0 aliphatic carbocycles. The summed E-state index contributed by atoms with van der Waals surface area (Å²) in [4.78, 5) is 4.11. The predicted octanol–water partition coefficient (Wildman–Crippen LogP) is 3.04. The monoisotopic (exact) mass is 262 g/mol. The third kappa shape index (κ3) is 2.07. The molecule has 0 saturated heterocycles. The van der Waals surface area contributed by atoms with E-state index >= 15 is 0 Å². The highest BCUT2D eigenvalue weighted by atomic mass is 35.5. The highest BCUT2D eigenvalue weighted by Gasteiger charge is 2.07. The Morgan fingerprint density at radius 3 is 2.71 bits per heavy atom. The first-order valence-corrected chi connectivity index (χ1v) is 6.08. The fourth-order valence-electron chi connectivity index (χ4n) is 1.48. The quantitative estimate of drug-likeness (QED) is 0.713. The maximum atomic E-state index is 5.70. The van der Waals surface area contributed by atoms with Crippen LogP contribution in [0.25, 0.3) is 16.3 Å². The lowest BCUT2D eigenvalue weighted by molar-refractivity contribution is 0.881. The van der Waals surface area contributed by atoms with Crippen LogP contribution in [-0.2, 0) is 0 Å². The lowest BCUT2D eigenvalue weighted by atomic mass is 10.3. The number of aromatic nitrogens is 4. The third-order valence-corrected chi connectivity index (χ3v) is 3.28. The van der Waals surface area contributed by atoms with Crippen LogP contribution >= 0.6 is 23.1 Å². The minimum absolute atomic E-state index is 0.275. The van der Waals surface area contributed by atoms with Crippen LogP contribution in [-0.4, -0.2) is 19.1 Å². The summed E-state index contributed by atoms with van der Waals surface area (Å²) < 4.78 is 5.73. The Morgan fingerprint density at radius 1 is 1.18 bits per heavy atom. The number of hydrogen-bond acceptors (Lipinski definition) is 4. The van der Waals surface area contributed by atoms with Crippen LogP contribution in [0.2, 0.25) is 5.28 Å². The van der Waals surface area contributed by atoms with Gasteiger partial charge < -0.3 is 0 Å². The van der Waals surface area contributed by atoms with Gasteiger partial charge in [0, 0.05) is 6.20 Å². The molecule has 3 aromatic rings. The number of nitrogens with zero attached hydrogens (tertiary/aromatic N) is 4. The summed E-state index contributed by atoms with van der Waals surface area (Å²) >= 11 is 6.96. The molecule has 3 rings (SSSR count). The van der Waals surface area contributed by atoms with Crippen molar-refractivity contribution in [1.82, 2.24) is 19.1 Å². The van der Waals surface area contributed by atoms with Gasteiger partial charge in [0.1, 0.15) is 5.01 Å². The van der Waals surface area contributed by atoms with Crippen LogP contribution in [0.1, 0.15) is 0 Å². The van der Waals surface area contributed by atoms with Crippen LogP contribution in [0.4, 0.5) is 0 Å². The van der Waals surface area contributed by atoms with E-state index in [1.54, 1.807) is 10.9 Å². The van der Waals surface area contributed by atoms with E-state index in [9.17, 15) is 0 Å². The average Bonchev–Trinajstić information content (AvgIpc) is 2.98. The minimum atomic E-state index is 0.275. The molecular formula is C11H7ClN4S. The molecule has 0 aliphatic heterocycles. The molecule has 0 aliphatic rings. The molecule has 84 valence electrons. The first-order valence-electron chi connectivity index (χ1n) is 4.92. The van der Waals surface area contributed by atoms with Crippen molar-refractivity contribution < 1.29 is 0 Å². The molecule has 0 fully saturated rings. The second kappa shape index (κ2) is 4.27. The first kappa shape index (κ1) is 10.4. The maximum absolute atomic E-state index is 5.70. The van der Waals surface area contributed by atoms with E-state index in [1.807, 2.05) is 36.5 Å². The largest absolute Gasteiger partial charge is 0.240 e. The molecule has 17 heavy (non-hydrogen) atoms. The molecular weight excluding hydrogens is 256 g/mol. The van der Waals surface area contributed by atoms with Gasteiger partial charge in [0.25, 0.3) is 0 Å². The SMILES string of the molecule is Clc1nsc(-c2cnn(-c3ccccc3)c2)n1. The van der Waals surface area contributed by atoms with Crippen molar-refractivity contribution in [2.24, 2.45) is 0 Å². The van der Waals surface area contributed by atoms with Gasteiger partial charge in [0.2, 0.25) is 5.28 Å². The molecule has 0 unspecified atom stereocenters. The average molecular weight is 263 g/mol. The molecule has 0 amide bonds. The second-order valence-electron chi connectivity index (χ2n) is 3.38. The number of rotatable bonds is 2. The molecule has 6 heteroatoms. The summed E-state index contributed by atoms with van der Waals surface area (Å²) in [5, 5.41) is 5.34. The van der Waals surface area contributed by atoms with Gasteiger partial charge in [-0.1, -0.05) is 18.2 Å². The Hall–Kier alpha value is -1.72. The van der Waals surface area contributed by atoms with Crippen LogP contribution in [0, 0.1) is 0 Å². The van der Waals surface area contributed by atoms with Gasteiger partial charge in [0.05, 0.1) is 17.4 Å². The Bertz CT molecular complexity index is 632. The summed E-state index contributed by atoms with van der Waals surface area (Å²) in [5.41, 5.74) is 1.92. The van der Waals surface area contributed by atoms with E-state index in [1.165, 1.54) is 11.5 Å². The molecule has 1 aromatic carbocycles. The van der Waals surface area contributed by atoms with E-state index in [0.29, 0.717) is 0 Å². The first-order chi connectivity index (χ1) is 8.33. The van der Waals surface area contributed by atoms with E-state index in [4.69, 9.17) is 11.6 Å². The Balaban J connectivity index is 1.99. The van der Waals surface area contributed by atoms with Crippen LogP contribution in [0.15, 0.2) is 42.7 Å². The van der Waals surface area contributed by atoms with Gasteiger partial charge in [-0.2, -0.15) is 9.47 Å². The number of para-hydroxylation sites is 1. The van der Waals surface area contributed by atoms with Crippen molar-refractivity contribution in [3.8, 4) is 16.3 Å². The van der Waals surface area contributed by atoms with Crippen molar-refractivity contribution in [3.63, 3.8) is 0 Å². The fourth-order valence-corrected chi connectivity index (χ4v) is 2.26. The van der Waals surface area contributed by atoms with Crippen LogP contribution in [0.5, 0.6) is 0 Å². The van der Waals surface area contributed by atoms with Gasteiger partial charge in [-0.25, -0.2) is 9.67 Å². The van der Waals surface area contributed by atoms with E-state index in [0.717, 1.165) is 16.3 Å². The highest BCUT2D eigenvalue weighted by molar-refractivity contribution is 7.09. The molecule has 0 spiro atoms. The zero-order valence-corrected chi connectivity index (χ0v) is 10.2. The lowest BCUT2D eigenvalue weighted by Gasteiger charge is -1.98. The lowest BCUT2D eigenvalue weighted by Crippen LogP contribution is -1.92. The summed E-state index contributed by atoms with van der Waals surface area (Å²) in [5.74, 6) is 0. The Morgan fingerprint density at radius 2 is 2.00 bits per heavy atom. The summed E-state index contributed by atoms with van der Waals surface area (Å²) in [6, 6.07) is 9.89. The standard InChI is InChI=1S/C11H7ClN4S/c12-11-14-10(17-15-11)8-6-13-16(7-8)9-4-2-1-3-5-9/h1-7H. The van der Waals surface area contributed by atoms with E-state index in [2.05, 4.69) is 14.5 Å². The Kier molecular flexibility index (Phi) is 2.62. The van der Waals surface area contributed by atoms with Crippen molar-refractivity contribution in [1.29, 1.82) is 0 Å². The Labute approximate surface area is 107 Å². The zero-order chi connectivity index (χ0) is 11.7. The van der Waals surface area contributed by atoms with E-state index < -0.39 is 0 Å². The maximum Gasteiger partial charge on any atom is 0.234 e. The fraction of sp³-hybridized carbons (Fsp3) is 0. The topological polar surface area (TPSA) is 43.6 Å². The molecule has 2 heterocycles. The van der Waals surface area contributed by atoms with Gasteiger partial charge in [-0.3, -0.25) is 0 Å². The summed E-state index contributed by atoms with van der Waals surface area (Å²) in [6.07, 6.45) is 3.66.